The lowest BCUT2D eigenvalue weighted by atomic mass is 10.1. The minimum atomic E-state index is -0.593. The van der Waals surface area contributed by atoms with E-state index in [0.717, 1.165) is 16.8 Å². The Balaban J connectivity index is 1.67. The SMILES string of the molecule is COc1cc(OC)cc(C2=N/C(=C/c3csc(N(C(C)=O)c4c(C)cccc4C)n3)C(=O)O2)c1. The Morgan fingerprint density at radius 1 is 1.09 bits per heavy atom. The van der Waals surface area contributed by atoms with Crippen molar-refractivity contribution in [2.75, 3.05) is 19.1 Å². The average molecular weight is 478 g/mol. The molecule has 2 aromatic carbocycles. The Hall–Kier alpha value is -3.98. The molecule has 0 saturated carbocycles. The highest BCUT2D eigenvalue weighted by Gasteiger charge is 2.26. The number of esters is 1. The number of aryl methyl sites for hydroxylation is 2. The van der Waals surface area contributed by atoms with Crippen LogP contribution < -0.4 is 14.4 Å². The Morgan fingerprint density at radius 2 is 1.74 bits per heavy atom. The molecule has 0 saturated heterocycles. The summed E-state index contributed by atoms with van der Waals surface area (Å²) in [5, 5.41) is 2.27. The van der Waals surface area contributed by atoms with Crippen molar-refractivity contribution in [3.05, 3.63) is 69.9 Å². The van der Waals surface area contributed by atoms with Gasteiger partial charge in [-0.15, -0.1) is 11.3 Å². The second-order valence-electron chi connectivity index (χ2n) is 7.59. The Kier molecular flexibility index (Phi) is 6.47. The van der Waals surface area contributed by atoms with Gasteiger partial charge in [0.2, 0.25) is 11.8 Å². The van der Waals surface area contributed by atoms with Gasteiger partial charge in [-0.1, -0.05) is 18.2 Å². The first kappa shape index (κ1) is 23.2. The minimum Gasteiger partial charge on any atom is -0.497 e. The van der Waals surface area contributed by atoms with Gasteiger partial charge < -0.3 is 14.2 Å². The van der Waals surface area contributed by atoms with Gasteiger partial charge in [-0.25, -0.2) is 14.8 Å². The molecule has 0 N–H and O–H groups in total. The highest BCUT2D eigenvalue weighted by atomic mass is 32.1. The molecule has 0 spiro atoms. The number of aromatic nitrogens is 1. The molecule has 3 aromatic rings. The fourth-order valence-electron chi connectivity index (χ4n) is 3.59. The van der Waals surface area contributed by atoms with Gasteiger partial charge in [0.05, 0.1) is 25.6 Å². The third kappa shape index (κ3) is 4.55. The molecule has 174 valence electrons. The number of benzene rings is 2. The molecule has 2 heterocycles. The summed E-state index contributed by atoms with van der Waals surface area (Å²) in [4.78, 5) is 35.5. The third-order valence-electron chi connectivity index (χ3n) is 5.18. The van der Waals surface area contributed by atoms with Gasteiger partial charge in [0.15, 0.2) is 10.8 Å². The molecule has 0 fully saturated rings. The Labute approximate surface area is 201 Å². The van der Waals surface area contributed by atoms with Crippen LogP contribution in [-0.2, 0) is 14.3 Å². The molecule has 1 amide bonds. The minimum absolute atomic E-state index is 0.107. The van der Waals surface area contributed by atoms with E-state index in [1.807, 2.05) is 32.0 Å². The molecule has 4 rings (SSSR count). The highest BCUT2D eigenvalue weighted by Crippen LogP contribution is 2.34. The standard InChI is InChI=1S/C25H23N3O5S/c1-14-7-6-8-15(2)22(14)28(16(3)29)25-26-18(13-34-25)11-21-24(30)33-23(27-21)17-9-19(31-4)12-20(10-17)32-5/h6-13H,1-5H3/b21-11+. The zero-order valence-electron chi connectivity index (χ0n) is 19.4. The maximum atomic E-state index is 12.5. The summed E-state index contributed by atoms with van der Waals surface area (Å²) >= 11 is 1.31. The van der Waals surface area contributed by atoms with Gasteiger partial charge in [-0.3, -0.25) is 9.69 Å². The van der Waals surface area contributed by atoms with Gasteiger partial charge in [0.1, 0.15) is 11.5 Å². The van der Waals surface area contributed by atoms with E-state index < -0.39 is 5.97 Å². The normalized spacial score (nSPS) is 14.1. The van der Waals surface area contributed by atoms with E-state index in [2.05, 4.69) is 9.98 Å². The molecule has 34 heavy (non-hydrogen) atoms. The van der Waals surface area contributed by atoms with Gasteiger partial charge in [0.25, 0.3) is 0 Å². The largest absolute Gasteiger partial charge is 0.497 e. The fraction of sp³-hybridized carbons (Fsp3) is 0.200. The van der Waals surface area contributed by atoms with Crippen molar-refractivity contribution >= 4 is 46.0 Å². The summed E-state index contributed by atoms with van der Waals surface area (Å²) in [5.74, 6) is 0.490. The molecule has 0 bridgehead atoms. The van der Waals surface area contributed by atoms with Crippen molar-refractivity contribution in [1.29, 1.82) is 0 Å². The topological polar surface area (TPSA) is 90.3 Å². The summed E-state index contributed by atoms with van der Waals surface area (Å²) in [7, 11) is 3.07. The summed E-state index contributed by atoms with van der Waals surface area (Å²) in [6, 6.07) is 11.0. The third-order valence-corrected chi connectivity index (χ3v) is 6.03. The fourth-order valence-corrected chi connectivity index (χ4v) is 4.43. The number of hydrogen-bond donors (Lipinski definition) is 0. The van der Waals surface area contributed by atoms with Crippen molar-refractivity contribution in [3.63, 3.8) is 0 Å². The van der Waals surface area contributed by atoms with Gasteiger partial charge >= 0.3 is 5.97 Å². The van der Waals surface area contributed by atoms with E-state index in [1.165, 1.54) is 38.6 Å². The molecule has 0 atom stereocenters. The van der Waals surface area contributed by atoms with Crippen LogP contribution in [0.15, 0.2) is 52.5 Å². The number of cyclic esters (lactones) is 1. The lowest BCUT2D eigenvalue weighted by molar-refractivity contribution is -0.130. The molecule has 0 aliphatic carbocycles. The van der Waals surface area contributed by atoms with E-state index in [4.69, 9.17) is 14.2 Å². The zero-order chi connectivity index (χ0) is 24.4. The van der Waals surface area contributed by atoms with E-state index in [0.29, 0.717) is 27.9 Å². The molecule has 9 heteroatoms. The van der Waals surface area contributed by atoms with Crippen molar-refractivity contribution < 1.29 is 23.8 Å². The monoisotopic (exact) mass is 477 g/mol. The van der Waals surface area contributed by atoms with Crippen molar-refractivity contribution in [2.45, 2.75) is 20.8 Å². The van der Waals surface area contributed by atoms with E-state index in [1.54, 1.807) is 28.5 Å². The van der Waals surface area contributed by atoms with E-state index in [-0.39, 0.29) is 17.5 Å². The van der Waals surface area contributed by atoms with E-state index >= 15 is 0 Å². The number of methoxy groups -OCH3 is 2. The zero-order valence-corrected chi connectivity index (χ0v) is 20.2. The van der Waals surface area contributed by atoms with Crippen LogP contribution in [0.3, 0.4) is 0 Å². The van der Waals surface area contributed by atoms with Crippen LogP contribution in [0.25, 0.3) is 6.08 Å². The molecular weight excluding hydrogens is 454 g/mol. The first-order valence-electron chi connectivity index (χ1n) is 10.4. The second-order valence-corrected chi connectivity index (χ2v) is 8.42. The molecule has 8 nitrogen and oxygen atoms in total. The Morgan fingerprint density at radius 3 is 2.32 bits per heavy atom. The molecule has 0 radical (unpaired) electrons. The number of ether oxygens (including phenoxy) is 3. The van der Waals surface area contributed by atoms with Crippen LogP contribution in [0.5, 0.6) is 11.5 Å². The summed E-state index contributed by atoms with van der Waals surface area (Å²) in [5.41, 5.74) is 3.88. The smallest absolute Gasteiger partial charge is 0.363 e. The Bertz CT molecular complexity index is 1300. The number of anilines is 2. The number of hydrogen-bond acceptors (Lipinski definition) is 8. The number of carbonyl (C=O) groups is 2. The van der Waals surface area contributed by atoms with Gasteiger partial charge in [-0.05, 0) is 43.2 Å². The summed E-state index contributed by atoms with van der Waals surface area (Å²) < 4.78 is 15.9. The van der Waals surface area contributed by atoms with Crippen molar-refractivity contribution in [2.24, 2.45) is 4.99 Å². The number of carbonyl (C=O) groups excluding carboxylic acids is 2. The molecule has 1 aromatic heterocycles. The number of para-hydroxylation sites is 1. The number of thiazole rings is 1. The average Bonchev–Trinajstić information content (AvgIpc) is 3.42. The van der Waals surface area contributed by atoms with E-state index in [9.17, 15) is 9.59 Å². The maximum Gasteiger partial charge on any atom is 0.363 e. The number of aliphatic imine (C=N–C) groups is 1. The predicted octanol–water partition coefficient (Wildman–Crippen LogP) is 4.81. The maximum absolute atomic E-state index is 12.5. The summed E-state index contributed by atoms with van der Waals surface area (Å²) in [6.07, 6.45) is 1.54. The van der Waals surface area contributed by atoms with Gasteiger partial charge in [0, 0.05) is 23.9 Å². The second kappa shape index (κ2) is 9.48. The summed E-state index contributed by atoms with van der Waals surface area (Å²) in [6.45, 7) is 5.40. The first-order valence-corrected chi connectivity index (χ1v) is 11.3. The van der Waals surface area contributed by atoms with Crippen LogP contribution in [0.4, 0.5) is 10.8 Å². The molecule has 1 aliphatic rings. The van der Waals surface area contributed by atoms with Crippen LogP contribution >= 0.6 is 11.3 Å². The molecular formula is C25H23N3O5S. The highest BCUT2D eigenvalue weighted by molar-refractivity contribution is 7.14. The van der Waals surface area contributed by atoms with Gasteiger partial charge in [-0.2, -0.15) is 0 Å². The van der Waals surface area contributed by atoms with Crippen LogP contribution in [0.2, 0.25) is 0 Å². The van der Waals surface area contributed by atoms with Crippen molar-refractivity contribution in [3.8, 4) is 11.5 Å². The van der Waals surface area contributed by atoms with Crippen LogP contribution in [0.1, 0.15) is 29.3 Å². The number of nitrogens with zero attached hydrogens (tertiary/aromatic N) is 3. The molecule has 0 unspecified atom stereocenters. The quantitative estimate of drug-likeness (QED) is 0.374. The lowest BCUT2D eigenvalue weighted by Gasteiger charge is -2.22. The lowest BCUT2D eigenvalue weighted by Crippen LogP contribution is -2.24. The predicted molar refractivity (Wildman–Crippen MR) is 131 cm³/mol. The number of amides is 1. The van der Waals surface area contributed by atoms with Crippen LogP contribution in [0, 0.1) is 13.8 Å². The van der Waals surface area contributed by atoms with Crippen LogP contribution in [-0.4, -0.2) is 37.0 Å². The molecule has 1 aliphatic heterocycles. The van der Waals surface area contributed by atoms with Crippen molar-refractivity contribution in [1.82, 2.24) is 4.98 Å². The first-order chi connectivity index (χ1) is 16.3. The number of rotatable bonds is 6.